The number of carbonyl (C=O) groups is 1. The molecule has 1 heterocycles. The molecule has 0 radical (unpaired) electrons. The largest absolute Gasteiger partial charge is 0.494 e. The molecule has 0 aliphatic carbocycles. The van der Waals surface area contributed by atoms with Gasteiger partial charge in [-0.3, -0.25) is 9.69 Å². The molecule has 1 aliphatic heterocycles. The highest BCUT2D eigenvalue weighted by Crippen LogP contribution is 2.16. The van der Waals surface area contributed by atoms with Crippen molar-refractivity contribution in [3.05, 3.63) is 60.2 Å². The maximum absolute atomic E-state index is 11.3. The normalized spacial score (nSPS) is 15.2. The molecule has 0 N–H and O–H groups in total. The summed E-state index contributed by atoms with van der Waals surface area (Å²) in [6, 6.07) is 18.0. The van der Waals surface area contributed by atoms with Gasteiger partial charge < -0.3 is 9.64 Å². The molecule has 0 amide bonds. The molecule has 2 aromatic rings. The minimum atomic E-state index is 0.0844. The van der Waals surface area contributed by atoms with Crippen molar-refractivity contribution in [1.82, 2.24) is 4.90 Å². The topological polar surface area (TPSA) is 32.8 Å². The maximum atomic E-state index is 11.3. The molecule has 0 aromatic heterocycles. The van der Waals surface area contributed by atoms with Crippen molar-refractivity contribution in [2.24, 2.45) is 0 Å². The number of hydrogen-bond acceptors (Lipinski definition) is 4. The van der Waals surface area contributed by atoms with Crippen LogP contribution in [0.1, 0.15) is 23.7 Å². The molecule has 132 valence electrons. The number of rotatable bonds is 7. The lowest BCUT2D eigenvalue weighted by molar-refractivity contribution is 0.101. The zero-order valence-corrected chi connectivity index (χ0v) is 14.9. The number of Topliss-reactive ketones (excluding diaryl/α,β-unsaturated/α-hetero) is 1. The summed E-state index contributed by atoms with van der Waals surface area (Å²) in [5.41, 5.74) is 2.04. The van der Waals surface area contributed by atoms with Crippen LogP contribution in [0.5, 0.6) is 5.75 Å². The van der Waals surface area contributed by atoms with Crippen molar-refractivity contribution in [1.29, 1.82) is 0 Å². The molecule has 1 fully saturated rings. The predicted molar refractivity (Wildman–Crippen MR) is 102 cm³/mol. The zero-order chi connectivity index (χ0) is 17.5. The van der Waals surface area contributed by atoms with Crippen LogP contribution in [0.2, 0.25) is 0 Å². The van der Waals surface area contributed by atoms with Gasteiger partial charge in [-0.2, -0.15) is 0 Å². The van der Waals surface area contributed by atoms with Gasteiger partial charge in [0.05, 0.1) is 6.61 Å². The lowest BCUT2D eigenvalue weighted by Gasteiger charge is -2.36. The van der Waals surface area contributed by atoms with Crippen LogP contribution in [0.3, 0.4) is 0 Å². The summed E-state index contributed by atoms with van der Waals surface area (Å²) in [6.45, 7) is 7.71. The van der Waals surface area contributed by atoms with E-state index in [9.17, 15) is 4.79 Å². The molecule has 4 heteroatoms. The fourth-order valence-electron chi connectivity index (χ4n) is 3.13. The van der Waals surface area contributed by atoms with Crippen LogP contribution in [-0.2, 0) is 0 Å². The summed E-state index contributed by atoms with van der Waals surface area (Å²) in [5.74, 6) is 0.917. The third-order valence-corrected chi connectivity index (χ3v) is 4.64. The first kappa shape index (κ1) is 17.5. The Morgan fingerprint density at radius 2 is 1.64 bits per heavy atom. The zero-order valence-electron chi connectivity index (χ0n) is 14.9. The summed E-state index contributed by atoms with van der Waals surface area (Å²) in [6.07, 6.45) is 1.01. The summed E-state index contributed by atoms with van der Waals surface area (Å²) in [7, 11) is 0. The van der Waals surface area contributed by atoms with E-state index in [1.54, 1.807) is 6.92 Å². The number of ketones is 1. The summed E-state index contributed by atoms with van der Waals surface area (Å²) in [5, 5.41) is 0. The summed E-state index contributed by atoms with van der Waals surface area (Å²) in [4.78, 5) is 16.2. The molecule has 4 nitrogen and oxygen atoms in total. The third kappa shape index (κ3) is 5.07. The smallest absolute Gasteiger partial charge is 0.159 e. The van der Waals surface area contributed by atoms with Crippen LogP contribution < -0.4 is 9.64 Å². The molecule has 0 unspecified atom stereocenters. The highest BCUT2D eigenvalue weighted by Gasteiger charge is 2.16. The number of para-hydroxylation sites is 1. The van der Waals surface area contributed by atoms with E-state index < -0.39 is 0 Å². The Morgan fingerprint density at radius 1 is 0.960 bits per heavy atom. The third-order valence-electron chi connectivity index (χ3n) is 4.64. The molecule has 0 spiro atoms. The monoisotopic (exact) mass is 338 g/mol. The van der Waals surface area contributed by atoms with E-state index in [-0.39, 0.29) is 5.78 Å². The molecule has 2 aromatic carbocycles. The van der Waals surface area contributed by atoms with Crippen LogP contribution in [0.25, 0.3) is 0 Å². The average Bonchev–Trinajstić information content (AvgIpc) is 2.67. The minimum Gasteiger partial charge on any atom is -0.494 e. The number of piperazine rings is 1. The van der Waals surface area contributed by atoms with Crippen LogP contribution in [0, 0.1) is 0 Å². The van der Waals surface area contributed by atoms with Gasteiger partial charge in [0.1, 0.15) is 5.75 Å². The average molecular weight is 338 g/mol. The van der Waals surface area contributed by atoms with Crippen LogP contribution >= 0.6 is 0 Å². The Kier molecular flexibility index (Phi) is 6.07. The molecule has 3 rings (SSSR count). The van der Waals surface area contributed by atoms with Crippen molar-refractivity contribution in [2.45, 2.75) is 13.3 Å². The Labute approximate surface area is 150 Å². The Hall–Kier alpha value is -2.33. The fraction of sp³-hybridized carbons (Fsp3) is 0.381. The van der Waals surface area contributed by atoms with Gasteiger partial charge in [0, 0.05) is 44.0 Å². The van der Waals surface area contributed by atoms with Crippen molar-refractivity contribution in [2.75, 3.05) is 44.2 Å². The van der Waals surface area contributed by atoms with Gasteiger partial charge in [-0.05, 0) is 49.7 Å². The summed E-state index contributed by atoms with van der Waals surface area (Å²) < 4.78 is 5.77. The van der Waals surface area contributed by atoms with Gasteiger partial charge in [0.2, 0.25) is 0 Å². The number of benzene rings is 2. The minimum absolute atomic E-state index is 0.0844. The Morgan fingerprint density at radius 3 is 2.28 bits per heavy atom. The van der Waals surface area contributed by atoms with Crippen molar-refractivity contribution < 1.29 is 9.53 Å². The molecule has 0 bridgehead atoms. The fourth-order valence-corrected chi connectivity index (χ4v) is 3.13. The van der Waals surface area contributed by atoms with Crippen molar-refractivity contribution in [3.8, 4) is 5.75 Å². The second-order valence-electron chi connectivity index (χ2n) is 6.45. The van der Waals surface area contributed by atoms with Crippen LogP contribution in [0.4, 0.5) is 5.69 Å². The number of carbonyl (C=O) groups excluding carboxylic acids is 1. The highest BCUT2D eigenvalue weighted by atomic mass is 16.5. The first-order chi connectivity index (χ1) is 12.2. The molecule has 1 saturated heterocycles. The lowest BCUT2D eigenvalue weighted by Crippen LogP contribution is -2.46. The van der Waals surface area contributed by atoms with Gasteiger partial charge in [0.25, 0.3) is 0 Å². The maximum Gasteiger partial charge on any atom is 0.159 e. The van der Waals surface area contributed by atoms with Gasteiger partial charge in [-0.15, -0.1) is 0 Å². The van der Waals surface area contributed by atoms with E-state index in [1.165, 1.54) is 5.69 Å². The lowest BCUT2D eigenvalue weighted by atomic mass is 10.1. The molecule has 0 saturated carbocycles. The molecule has 25 heavy (non-hydrogen) atoms. The molecular weight excluding hydrogens is 312 g/mol. The van der Waals surface area contributed by atoms with Crippen molar-refractivity contribution >= 4 is 11.5 Å². The van der Waals surface area contributed by atoms with E-state index in [2.05, 4.69) is 40.1 Å². The number of nitrogens with zero attached hydrogens (tertiary/aromatic N) is 2. The van der Waals surface area contributed by atoms with E-state index in [4.69, 9.17) is 4.74 Å². The van der Waals surface area contributed by atoms with Gasteiger partial charge in [0.15, 0.2) is 5.78 Å². The molecular formula is C21H26N2O2. The Balaban J connectivity index is 1.34. The predicted octanol–water partition coefficient (Wildman–Crippen LogP) is 3.48. The second-order valence-corrected chi connectivity index (χ2v) is 6.45. The van der Waals surface area contributed by atoms with Crippen molar-refractivity contribution in [3.63, 3.8) is 0 Å². The Bertz CT molecular complexity index is 662. The van der Waals surface area contributed by atoms with E-state index in [0.29, 0.717) is 6.61 Å². The van der Waals surface area contributed by atoms with Crippen LogP contribution in [0.15, 0.2) is 54.6 Å². The number of hydrogen-bond donors (Lipinski definition) is 0. The standard InChI is InChI=1S/C21H26N2O2/c1-18(24)19-8-10-21(11-9-19)25-17-5-12-22-13-15-23(16-14-22)20-6-3-2-4-7-20/h2-4,6-11H,5,12-17H2,1H3. The van der Waals surface area contributed by atoms with Gasteiger partial charge in [-0.1, -0.05) is 18.2 Å². The number of anilines is 1. The van der Waals surface area contributed by atoms with Gasteiger partial charge in [-0.25, -0.2) is 0 Å². The highest BCUT2D eigenvalue weighted by molar-refractivity contribution is 5.94. The summed E-state index contributed by atoms with van der Waals surface area (Å²) >= 11 is 0. The van der Waals surface area contributed by atoms with Crippen LogP contribution in [-0.4, -0.2) is 50.0 Å². The molecule has 0 atom stereocenters. The van der Waals surface area contributed by atoms with E-state index >= 15 is 0 Å². The number of ether oxygens (including phenoxy) is 1. The first-order valence-corrected chi connectivity index (χ1v) is 8.98. The first-order valence-electron chi connectivity index (χ1n) is 8.98. The second kappa shape index (κ2) is 8.67. The van der Waals surface area contributed by atoms with Gasteiger partial charge >= 0.3 is 0 Å². The quantitative estimate of drug-likeness (QED) is 0.572. The van der Waals surface area contributed by atoms with E-state index in [0.717, 1.165) is 50.5 Å². The SMILES string of the molecule is CC(=O)c1ccc(OCCCN2CCN(c3ccccc3)CC2)cc1. The molecule has 1 aliphatic rings. The van der Waals surface area contributed by atoms with E-state index in [1.807, 2.05) is 24.3 Å².